The lowest BCUT2D eigenvalue weighted by atomic mass is 10.1. The molecule has 1 aliphatic rings. The minimum absolute atomic E-state index is 0. The van der Waals surface area contributed by atoms with E-state index in [1.54, 1.807) is 0 Å². The van der Waals surface area contributed by atoms with Crippen LogP contribution in [0.2, 0.25) is 0 Å². The molecule has 0 saturated heterocycles. The summed E-state index contributed by atoms with van der Waals surface area (Å²) in [6, 6.07) is 4.31. The van der Waals surface area contributed by atoms with E-state index in [0.29, 0.717) is 6.42 Å². The van der Waals surface area contributed by atoms with Gasteiger partial charge in [0.25, 0.3) is 5.91 Å². The quantitative estimate of drug-likeness (QED) is 0.882. The van der Waals surface area contributed by atoms with Crippen LogP contribution in [0.25, 0.3) is 0 Å². The van der Waals surface area contributed by atoms with Gasteiger partial charge in [0.2, 0.25) is 0 Å². The molecule has 2 atom stereocenters. The second kappa shape index (κ2) is 6.45. The molecular weight excluding hydrogens is 293 g/mol. The van der Waals surface area contributed by atoms with E-state index < -0.39 is 11.7 Å². The summed E-state index contributed by atoms with van der Waals surface area (Å²) in [5.41, 5.74) is 5.20. The van der Waals surface area contributed by atoms with Gasteiger partial charge in [-0.25, -0.2) is 0 Å². The lowest BCUT2D eigenvalue weighted by molar-refractivity contribution is -0.137. The van der Waals surface area contributed by atoms with Gasteiger partial charge in [-0.1, -0.05) is 0 Å². The van der Waals surface area contributed by atoms with Gasteiger partial charge >= 0.3 is 6.18 Å². The molecule has 1 aromatic carbocycles. The fourth-order valence-corrected chi connectivity index (χ4v) is 2.23. The third-order valence-corrected chi connectivity index (χ3v) is 3.28. The summed E-state index contributed by atoms with van der Waals surface area (Å²) in [6.07, 6.45) is -1.99. The minimum atomic E-state index is -4.38. The van der Waals surface area contributed by atoms with Crippen molar-refractivity contribution in [2.24, 2.45) is 5.73 Å². The summed E-state index contributed by atoms with van der Waals surface area (Å²) in [5, 5.41) is 2.78. The molecule has 0 radical (unpaired) electrons. The molecule has 1 aromatic rings. The normalized spacial score (nSPS) is 22.2. The first-order valence-corrected chi connectivity index (χ1v) is 6.10. The molecule has 0 spiro atoms. The van der Waals surface area contributed by atoms with Crippen molar-refractivity contribution >= 4 is 18.3 Å². The van der Waals surface area contributed by atoms with Crippen molar-refractivity contribution in [1.29, 1.82) is 0 Å². The maximum absolute atomic E-state index is 12.4. The molecular formula is C13H16ClF3N2O. The van der Waals surface area contributed by atoms with Crippen LogP contribution in [0.15, 0.2) is 24.3 Å². The molecule has 0 heterocycles. The number of amides is 1. The highest BCUT2D eigenvalue weighted by Gasteiger charge is 2.30. The van der Waals surface area contributed by atoms with Gasteiger partial charge in [0.15, 0.2) is 0 Å². The predicted octanol–water partition coefficient (Wildman–Crippen LogP) is 2.74. The number of alkyl halides is 3. The Bertz CT molecular complexity index is 462. The monoisotopic (exact) mass is 308 g/mol. The van der Waals surface area contributed by atoms with Crippen LogP contribution in [0.1, 0.15) is 35.2 Å². The summed E-state index contributed by atoms with van der Waals surface area (Å²) in [7, 11) is 0. The predicted molar refractivity (Wildman–Crippen MR) is 71.8 cm³/mol. The number of hydrogen-bond donors (Lipinski definition) is 2. The first-order chi connectivity index (χ1) is 8.86. The molecule has 20 heavy (non-hydrogen) atoms. The standard InChI is InChI=1S/C13H15F3N2O.ClH/c14-13(15,16)9-3-1-8(2-4-9)12(19)18-11-6-5-10(17)7-11;/h1-4,10-11H,5-7,17H2,(H,18,19);1H/t10-,11-;/m1./s1. The highest BCUT2D eigenvalue weighted by molar-refractivity contribution is 5.94. The summed E-state index contributed by atoms with van der Waals surface area (Å²) in [6.45, 7) is 0. The van der Waals surface area contributed by atoms with Crippen LogP contribution in [0.4, 0.5) is 13.2 Å². The molecule has 1 fully saturated rings. The smallest absolute Gasteiger partial charge is 0.349 e. The van der Waals surface area contributed by atoms with Crippen molar-refractivity contribution in [3.63, 3.8) is 0 Å². The maximum Gasteiger partial charge on any atom is 0.416 e. The van der Waals surface area contributed by atoms with E-state index in [2.05, 4.69) is 5.32 Å². The van der Waals surface area contributed by atoms with Crippen LogP contribution in [-0.2, 0) is 6.18 Å². The van der Waals surface area contributed by atoms with Crippen LogP contribution in [0.3, 0.4) is 0 Å². The summed E-state index contributed by atoms with van der Waals surface area (Å²) in [4.78, 5) is 11.8. The molecule has 3 nitrogen and oxygen atoms in total. The van der Waals surface area contributed by atoms with Crippen molar-refractivity contribution in [1.82, 2.24) is 5.32 Å². The molecule has 0 aliphatic heterocycles. The summed E-state index contributed by atoms with van der Waals surface area (Å²) in [5.74, 6) is -0.354. The third-order valence-electron chi connectivity index (χ3n) is 3.28. The molecule has 0 unspecified atom stereocenters. The molecule has 1 saturated carbocycles. The Morgan fingerprint density at radius 1 is 1.20 bits per heavy atom. The third kappa shape index (κ3) is 4.11. The number of benzene rings is 1. The van der Waals surface area contributed by atoms with E-state index >= 15 is 0 Å². The average molecular weight is 309 g/mol. The molecule has 1 aliphatic carbocycles. The Labute approximate surface area is 121 Å². The zero-order valence-corrected chi connectivity index (χ0v) is 11.4. The highest BCUT2D eigenvalue weighted by Crippen LogP contribution is 2.29. The van der Waals surface area contributed by atoms with Gasteiger partial charge in [-0.05, 0) is 43.5 Å². The molecule has 3 N–H and O–H groups in total. The van der Waals surface area contributed by atoms with Crippen molar-refractivity contribution in [2.75, 3.05) is 0 Å². The van der Waals surface area contributed by atoms with E-state index in [1.165, 1.54) is 12.1 Å². The average Bonchev–Trinajstić information content (AvgIpc) is 2.74. The summed E-state index contributed by atoms with van der Waals surface area (Å²) < 4.78 is 37.1. The Balaban J connectivity index is 0.00000200. The van der Waals surface area contributed by atoms with Gasteiger partial charge < -0.3 is 11.1 Å². The number of nitrogens with two attached hydrogens (primary N) is 1. The first kappa shape index (κ1) is 16.8. The SMILES string of the molecule is Cl.N[C@@H]1CC[C@@H](NC(=O)c2ccc(C(F)(F)F)cc2)C1. The summed E-state index contributed by atoms with van der Waals surface area (Å²) >= 11 is 0. The van der Waals surface area contributed by atoms with E-state index in [4.69, 9.17) is 5.73 Å². The van der Waals surface area contributed by atoms with E-state index in [9.17, 15) is 18.0 Å². The van der Waals surface area contributed by atoms with Crippen molar-refractivity contribution < 1.29 is 18.0 Å². The van der Waals surface area contributed by atoms with Crippen LogP contribution in [0.5, 0.6) is 0 Å². The molecule has 0 bridgehead atoms. The second-order valence-corrected chi connectivity index (χ2v) is 4.82. The van der Waals surface area contributed by atoms with Crippen LogP contribution < -0.4 is 11.1 Å². The lowest BCUT2D eigenvalue weighted by Crippen LogP contribution is -2.34. The van der Waals surface area contributed by atoms with Crippen LogP contribution in [-0.4, -0.2) is 18.0 Å². The number of halogens is 4. The van der Waals surface area contributed by atoms with Gasteiger partial charge in [0.05, 0.1) is 5.56 Å². The van der Waals surface area contributed by atoms with Crippen molar-refractivity contribution in [2.45, 2.75) is 37.5 Å². The number of carbonyl (C=O) groups excluding carboxylic acids is 1. The lowest BCUT2D eigenvalue weighted by Gasteiger charge is -2.13. The number of nitrogens with one attached hydrogen (secondary N) is 1. The number of hydrogen-bond acceptors (Lipinski definition) is 2. The van der Waals surface area contributed by atoms with Crippen LogP contribution in [0, 0.1) is 0 Å². The van der Waals surface area contributed by atoms with Gasteiger partial charge in [-0.2, -0.15) is 13.2 Å². The highest BCUT2D eigenvalue weighted by atomic mass is 35.5. The molecule has 7 heteroatoms. The largest absolute Gasteiger partial charge is 0.416 e. The minimum Gasteiger partial charge on any atom is -0.349 e. The zero-order chi connectivity index (χ0) is 14.0. The van der Waals surface area contributed by atoms with Gasteiger partial charge in [0.1, 0.15) is 0 Å². The van der Waals surface area contributed by atoms with Gasteiger partial charge in [-0.3, -0.25) is 4.79 Å². The molecule has 0 aromatic heterocycles. The first-order valence-electron chi connectivity index (χ1n) is 6.10. The Kier molecular flexibility index (Phi) is 5.42. The van der Waals surface area contributed by atoms with Crippen molar-refractivity contribution in [3.05, 3.63) is 35.4 Å². The Hall–Kier alpha value is -1.27. The Morgan fingerprint density at radius 2 is 1.80 bits per heavy atom. The van der Waals surface area contributed by atoms with Crippen molar-refractivity contribution in [3.8, 4) is 0 Å². The second-order valence-electron chi connectivity index (χ2n) is 4.82. The fraction of sp³-hybridized carbons (Fsp3) is 0.462. The van der Waals surface area contributed by atoms with E-state index in [0.717, 1.165) is 25.0 Å². The Morgan fingerprint density at radius 3 is 2.25 bits per heavy atom. The number of carbonyl (C=O) groups is 1. The fourth-order valence-electron chi connectivity index (χ4n) is 2.23. The maximum atomic E-state index is 12.4. The van der Waals surface area contributed by atoms with E-state index in [-0.39, 0.29) is 36.0 Å². The topological polar surface area (TPSA) is 55.1 Å². The van der Waals surface area contributed by atoms with Crippen LogP contribution >= 0.6 is 12.4 Å². The van der Waals surface area contributed by atoms with Gasteiger partial charge in [0, 0.05) is 17.6 Å². The zero-order valence-electron chi connectivity index (χ0n) is 10.6. The molecule has 112 valence electrons. The van der Waals surface area contributed by atoms with Gasteiger partial charge in [-0.15, -0.1) is 12.4 Å². The molecule has 2 rings (SSSR count). The molecule has 1 amide bonds. The van der Waals surface area contributed by atoms with E-state index in [1.807, 2.05) is 0 Å². The number of rotatable bonds is 2.